The second-order valence-electron chi connectivity index (χ2n) is 4.64. The summed E-state index contributed by atoms with van der Waals surface area (Å²) in [5, 5.41) is 5.23. The third kappa shape index (κ3) is 5.48. The molecular formula is C13H20N4O2. The largest absolute Gasteiger partial charge is 0.354 e. The van der Waals surface area contributed by atoms with Gasteiger partial charge in [0.15, 0.2) is 0 Å². The Morgan fingerprint density at radius 1 is 1.32 bits per heavy atom. The van der Waals surface area contributed by atoms with Crippen molar-refractivity contribution in [2.45, 2.75) is 20.4 Å². The van der Waals surface area contributed by atoms with E-state index in [1.165, 1.54) is 0 Å². The average Bonchev–Trinajstić information content (AvgIpc) is 2.42. The number of carbonyl (C=O) groups is 2. The van der Waals surface area contributed by atoms with Gasteiger partial charge in [-0.25, -0.2) is 0 Å². The van der Waals surface area contributed by atoms with E-state index >= 15 is 0 Å². The molecule has 19 heavy (non-hydrogen) atoms. The lowest BCUT2D eigenvalue weighted by atomic mass is 10.2. The lowest BCUT2D eigenvalue weighted by Gasteiger charge is -2.08. The Hall–Kier alpha value is -1.95. The molecule has 0 bridgehead atoms. The van der Waals surface area contributed by atoms with Crippen LogP contribution in [0.15, 0.2) is 18.3 Å². The number of pyridine rings is 1. The highest BCUT2D eigenvalue weighted by molar-refractivity contribution is 5.94. The molecule has 0 aromatic carbocycles. The molecule has 0 aliphatic carbocycles. The molecule has 0 unspecified atom stereocenters. The second-order valence-corrected chi connectivity index (χ2v) is 4.64. The summed E-state index contributed by atoms with van der Waals surface area (Å²) in [6.45, 7) is 4.93. The molecule has 0 fully saturated rings. The Bertz CT molecular complexity index is 429. The average molecular weight is 264 g/mol. The third-order valence-corrected chi connectivity index (χ3v) is 2.41. The van der Waals surface area contributed by atoms with E-state index in [1.54, 1.807) is 18.3 Å². The van der Waals surface area contributed by atoms with Crippen molar-refractivity contribution in [3.05, 3.63) is 29.6 Å². The first-order chi connectivity index (χ1) is 9.02. The summed E-state index contributed by atoms with van der Waals surface area (Å²) in [4.78, 5) is 27.1. The van der Waals surface area contributed by atoms with Crippen LogP contribution < -0.4 is 16.4 Å². The summed E-state index contributed by atoms with van der Waals surface area (Å²) in [6.07, 6.45) is 1.55. The first kappa shape index (κ1) is 15.1. The molecule has 104 valence electrons. The zero-order valence-electron chi connectivity index (χ0n) is 11.3. The summed E-state index contributed by atoms with van der Waals surface area (Å²) in [6, 6.07) is 3.32. The van der Waals surface area contributed by atoms with Gasteiger partial charge in [-0.15, -0.1) is 0 Å². The topological polar surface area (TPSA) is 97.1 Å². The Kier molecular flexibility index (Phi) is 5.95. The molecule has 0 saturated heterocycles. The van der Waals surface area contributed by atoms with Crippen molar-refractivity contribution in [3.63, 3.8) is 0 Å². The smallest absolute Gasteiger partial charge is 0.270 e. The van der Waals surface area contributed by atoms with Crippen molar-refractivity contribution in [1.29, 1.82) is 0 Å². The maximum Gasteiger partial charge on any atom is 0.270 e. The third-order valence-electron chi connectivity index (χ3n) is 2.41. The van der Waals surface area contributed by atoms with Crippen molar-refractivity contribution in [3.8, 4) is 0 Å². The van der Waals surface area contributed by atoms with Crippen LogP contribution in [0.4, 0.5) is 0 Å². The fourth-order valence-corrected chi connectivity index (χ4v) is 1.31. The Balaban J connectivity index is 2.40. The number of hydrogen-bond donors (Lipinski definition) is 3. The molecule has 0 aliphatic rings. The molecule has 0 aliphatic heterocycles. The van der Waals surface area contributed by atoms with Crippen LogP contribution in [0.5, 0.6) is 0 Å². The van der Waals surface area contributed by atoms with E-state index in [0.29, 0.717) is 19.0 Å². The highest BCUT2D eigenvalue weighted by Crippen LogP contribution is 1.99. The minimum Gasteiger partial charge on any atom is -0.354 e. The summed E-state index contributed by atoms with van der Waals surface area (Å²) in [7, 11) is 0. The highest BCUT2D eigenvalue weighted by atomic mass is 16.2. The van der Waals surface area contributed by atoms with Gasteiger partial charge in [-0.2, -0.15) is 0 Å². The first-order valence-electron chi connectivity index (χ1n) is 6.22. The molecule has 1 heterocycles. The monoisotopic (exact) mass is 264 g/mol. The Labute approximate surface area is 112 Å². The number of aromatic nitrogens is 1. The van der Waals surface area contributed by atoms with E-state index < -0.39 is 0 Å². The van der Waals surface area contributed by atoms with E-state index in [0.717, 1.165) is 5.56 Å². The summed E-state index contributed by atoms with van der Waals surface area (Å²) < 4.78 is 0. The van der Waals surface area contributed by atoms with E-state index in [1.807, 2.05) is 13.8 Å². The number of rotatable bonds is 6. The number of hydrogen-bond acceptors (Lipinski definition) is 4. The fourth-order valence-electron chi connectivity index (χ4n) is 1.31. The van der Waals surface area contributed by atoms with Gasteiger partial charge >= 0.3 is 0 Å². The van der Waals surface area contributed by atoms with Gasteiger partial charge in [0.2, 0.25) is 5.91 Å². The van der Waals surface area contributed by atoms with Crippen LogP contribution in [-0.4, -0.2) is 29.9 Å². The Morgan fingerprint density at radius 3 is 2.58 bits per heavy atom. The van der Waals surface area contributed by atoms with Crippen LogP contribution in [0.25, 0.3) is 0 Å². The molecule has 0 atom stereocenters. The van der Waals surface area contributed by atoms with Crippen LogP contribution in [0.2, 0.25) is 0 Å². The predicted molar refractivity (Wildman–Crippen MR) is 72.3 cm³/mol. The maximum absolute atomic E-state index is 11.7. The van der Waals surface area contributed by atoms with Crippen LogP contribution in [0.1, 0.15) is 29.9 Å². The van der Waals surface area contributed by atoms with Gasteiger partial charge in [-0.05, 0) is 17.5 Å². The molecule has 0 radical (unpaired) electrons. The van der Waals surface area contributed by atoms with Gasteiger partial charge in [0.05, 0.1) is 6.54 Å². The molecule has 6 heteroatoms. The number of amides is 2. The van der Waals surface area contributed by atoms with Crippen LogP contribution in [0, 0.1) is 5.92 Å². The van der Waals surface area contributed by atoms with Gasteiger partial charge in [0, 0.05) is 19.3 Å². The quantitative estimate of drug-likeness (QED) is 0.676. The van der Waals surface area contributed by atoms with E-state index in [2.05, 4.69) is 15.6 Å². The molecule has 6 nitrogen and oxygen atoms in total. The molecule has 1 aromatic rings. The normalized spacial score (nSPS) is 10.3. The molecule has 0 saturated carbocycles. The summed E-state index contributed by atoms with van der Waals surface area (Å²) >= 11 is 0. The van der Waals surface area contributed by atoms with Gasteiger partial charge < -0.3 is 16.4 Å². The minimum atomic E-state index is -0.372. The SMILES string of the molecule is CC(C)CNC(=O)CNC(=O)c1ccc(CN)cn1. The van der Waals surface area contributed by atoms with Crippen molar-refractivity contribution in [1.82, 2.24) is 15.6 Å². The van der Waals surface area contributed by atoms with Crippen molar-refractivity contribution in [2.75, 3.05) is 13.1 Å². The van der Waals surface area contributed by atoms with Crippen molar-refractivity contribution < 1.29 is 9.59 Å². The molecule has 1 rings (SSSR count). The molecule has 1 aromatic heterocycles. The number of nitrogens with one attached hydrogen (secondary N) is 2. The number of nitrogens with zero attached hydrogens (tertiary/aromatic N) is 1. The van der Waals surface area contributed by atoms with Gasteiger partial charge in [0.1, 0.15) is 5.69 Å². The zero-order chi connectivity index (χ0) is 14.3. The van der Waals surface area contributed by atoms with Crippen molar-refractivity contribution in [2.24, 2.45) is 11.7 Å². The molecule has 2 amide bonds. The summed E-state index contributed by atoms with van der Waals surface area (Å²) in [5.74, 6) is -0.200. The van der Waals surface area contributed by atoms with E-state index in [-0.39, 0.29) is 24.1 Å². The number of nitrogens with two attached hydrogens (primary N) is 1. The molecule has 0 spiro atoms. The zero-order valence-corrected chi connectivity index (χ0v) is 11.3. The standard InChI is InChI=1S/C13H20N4O2/c1-9(2)6-16-12(18)8-17-13(19)11-4-3-10(5-14)7-15-11/h3-4,7,9H,5-6,8,14H2,1-2H3,(H,16,18)(H,17,19). The minimum absolute atomic E-state index is 0.0497. The predicted octanol–water partition coefficient (Wildman–Crippen LogP) is 0.0423. The summed E-state index contributed by atoms with van der Waals surface area (Å²) in [5.41, 5.74) is 6.56. The lowest BCUT2D eigenvalue weighted by Crippen LogP contribution is -2.38. The molecule has 4 N–H and O–H groups in total. The van der Waals surface area contributed by atoms with Crippen LogP contribution in [0.3, 0.4) is 0 Å². The second kappa shape index (κ2) is 7.48. The highest BCUT2D eigenvalue weighted by Gasteiger charge is 2.09. The van der Waals surface area contributed by atoms with Gasteiger partial charge in [0.25, 0.3) is 5.91 Å². The van der Waals surface area contributed by atoms with Crippen LogP contribution in [-0.2, 0) is 11.3 Å². The maximum atomic E-state index is 11.7. The van der Waals surface area contributed by atoms with Gasteiger partial charge in [-0.1, -0.05) is 19.9 Å². The molecular weight excluding hydrogens is 244 g/mol. The first-order valence-corrected chi connectivity index (χ1v) is 6.22. The lowest BCUT2D eigenvalue weighted by molar-refractivity contribution is -0.120. The van der Waals surface area contributed by atoms with Crippen molar-refractivity contribution >= 4 is 11.8 Å². The van der Waals surface area contributed by atoms with E-state index in [9.17, 15) is 9.59 Å². The van der Waals surface area contributed by atoms with Gasteiger partial charge in [-0.3, -0.25) is 14.6 Å². The fraction of sp³-hybridized carbons (Fsp3) is 0.462. The number of carbonyl (C=O) groups excluding carboxylic acids is 2. The van der Waals surface area contributed by atoms with Crippen LogP contribution >= 0.6 is 0 Å². The Morgan fingerprint density at radius 2 is 2.05 bits per heavy atom. The van der Waals surface area contributed by atoms with E-state index in [4.69, 9.17) is 5.73 Å².